The van der Waals surface area contributed by atoms with Gasteiger partial charge in [0.2, 0.25) is 11.0 Å². The van der Waals surface area contributed by atoms with Crippen LogP contribution in [-0.2, 0) is 4.79 Å². The summed E-state index contributed by atoms with van der Waals surface area (Å²) in [5, 5.41) is 27.8. The predicted octanol–water partition coefficient (Wildman–Crippen LogP) is 3.42. The summed E-state index contributed by atoms with van der Waals surface area (Å²) >= 11 is 1.56. The maximum atomic E-state index is 11.9. The molecule has 1 aliphatic heterocycles. The number of anilines is 2. The molecule has 6 rings (SSSR count). The number of hydrogen-bond acceptors (Lipinski definition) is 9. The first-order chi connectivity index (χ1) is 17.4. The molecule has 1 N–H and O–H groups in total. The van der Waals surface area contributed by atoms with Crippen molar-refractivity contribution in [3.05, 3.63) is 42.2 Å². The molecule has 4 aromatic rings. The lowest BCUT2D eigenvalue weighted by atomic mass is 10.1. The topological polar surface area (TPSA) is 115 Å². The van der Waals surface area contributed by atoms with Crippen LogP contribution in [0.4, 0.5) is 10.8 Å². The molecular formula is C25H25N9OS. The van der Waals surface area contributed by atoms with Gasteiger partial charge in [0.25, 0.3) is 0 Å². The lowest BCUT2D eigenvalue weighted by molar-refractivity contribution is -0.129. The Hall–Kier alpha value is -4.04. The molecule has 0 spiro atoms. The lowest BCUT2D eigenvalue weighted by Gasteiger charge is -2.33. The highest BCUT2D eigenvalue weighted by molar-refractivity contribution is 7.18. The third-order valence-corrected chi connectivity index (χ3v) is 7.64. The number of hydrogen-bond donors (Lipinski definition) is 1. The van der Waals surface area contributed by atoms with Crippen LogP contribution in [0.5, 0.6) is 0 Å². The van der Waals surface area contributed by atoms with E-state index in [2.05, 4.69) is 45.4 Å². The largest absolute Gasteiger partial charge is 0.382 e. The standard InChI is InChI=1S/C25H25N9OS/c1-14(2)29-19-9-20(21-5-4-17-8-16(11-26)12-28-34(17)21)27-13-18(19)24-30-31-25(36-24)33-7-6-32(15(3)35)22-10-23(22)33/h4-5,8-9,12-14,22-23H,6-7,10H2,1-3H3,(H,27,29). The Morgan fingerprint density at radius 2 is 2.06 bits per heavy atom. The fraction of sp³-hybridized carbons (Fsp3) is 0.360. The average molecular weight is 500 g/mol. The van der Waals surface area contributed by atoms with Gasteiger partial charge in [0.1, 0.15) is 6.07 Å². The molecule has 1 aliphatic carbocycles. The zero-order valence-corrected chi connectivity index (χ0v) is 21.0. The molecule has 0 radical (unpaired) electrons. The van der Waals surface area contributed by atoms with Crippen LogP contribution in [0.2, 0.25) is 0 Å². The summed E-state index contributed by atoms with van der Waals surface area (Å²) in [6.45, 7) is 7.32. The quantitative estimate of drug-likeness (QED) is 0.444. The maximum Gasteiger partial charge on any atom is 0.219 e. The van der Waals surface area contributed by atoms with E-state index < -0.39 is 0 Å². The van der Waals surface area contributed by atoms with Crippen molar-refractivity contribution < 1.29 is 4.79 Å². The van der Waals surface area contributed by atoms with Crippen LogP contribution in [-0.4, -0.2) is 66.8 Å². The van der Waals surface area contributed by atoms with E-state index in [9.17, 15) is 4.79 Å². The summed E-state index contributed by atoms with van der Waals surface area (Å²) < 4.78 is 1.79. The van der Waals surface area contributed by atoms with Crippen LogP contribution in [0, 0.1) is 11.3 Å². The van der Waals surface area contributed by atoms with Gasteiger partial charge in [-0.25, -0.2) is 4.52 Å². The number of carbonyl (C=O) groups excluding carboxylic acids is 1. The molecule has 2 aliphatic rings. The summed E-state index contributed by atoms with van der Waals surface area (Å²) in [4.78, 5) is 20.9. The number of aromatic nitrogens is 5. The normalized spacial score (nSPS) is 18.9. The fourth-order valence-corrected chi connectivity index (χ4v) is 5.86. The highest BCUT2D eigenvalue weighted by Gasteiger charge is 2.50. The number of piperazine rings is 1. The highest BCUT2D eigenvalue weighted by atomic mass is 32.1. The van der Waals surface area contributed by atoms with Gasteiger partial charge >= 0.3 is 0 Å². The average Bonchev–Trinajstić information content (AvgIpc) is 3.31. The molecule has 2 atom stereocenters. The van der Waals surface area contributed by atoms with Gasteiger partial charge in [-0.15, -0.1) is 10.2 Å². The van der Waals surface area contributed by atoms with E-state index in [1.54, 1.807) is 29.0 Å². The summed E-state index contributed by atoms with van der Waals surface area (Å²) in [6.07, 6.45) is 4.38. The summed E-state index contributed by atoms with van der Waals surface area (Å²) in [6, 6.07) is 10.7. The number of amides is 1. The maximum absolute atomic E-state index is 11.9. The Labute approximate surface area is 212 Å². The van der Waals surface area contributed by atoms with E-state index in [1.165, 1.54) is 0 Å². The Kier molecular flexibility index (Phi) is 5.34. The minimum atomic E-state index is 0.145. The zero-order chi connectivity index (χ0) is 25.0. The van der Waals surface area contributed by atoms with Gasteiger partial charge in [-0.1, -0.05) is 11.3 Å². The van der Waals surface area contributed by atoms with E-state index in [0.29, 0.717) is 11.6 Å². The van der Waals surface area contributed by atoms with Crippen molar-refractivity contribution >= 4 is 33.6 Å². The summed E-state index contributed by atoms with van der Waals surface area (Å²) in [5.74, 6) is 0.145. The smallest absolute Gasteiger partial charge is 0.219 e. The molecule has 1 saturated heterocycles. The Morgan fingerprint density at radius 1 is 1.19 bits per heavy atom. The van der Waals surface area contributed by atoms with Crippen molar-refractivity contribution in [1.29, 1.82) is 5.26 Å². The first kappa shape index (κ1) is 22.4. The number of nitriles is 1. The second kappa shape index (κ2) is 8.57. The van der Waals surface area contributed by atoms with Crippen LogP contribution < -0.4 is 10.2 Å². The zero-order valence-electron chi connectivity index (χ0n) is 20.2. The third-order valence-electron chi connectivity index (χ3n) is 6.64. The number of pyridine rings is 1. The first-order valence-corrected chi connectivity index (χ1v) is 12.8. The van der Waals surface area contributed by atoms with Crippen molar-refractivity contribution in [3.8, 4) is 28.0 Å². The molecule has 11 heteroatoms. The van der Waals surface area contributed by atoms with Gasteiger partial charge in [-0.3, -0.25) is 9.78 Å². The summed E-state index contributed by atoms with van der Waals surface area (Å²) in [5.41, 5.74) is 4.78. The van der Waals surface area contributed by atoms with Gasteiger partial charge < -0.3 is 15.1 Å². The first-order valence-electron chi connectivity index (χ1n) is 12.0. The molecule has 0 aromatic carbocycles. The molecule has 182 valence electrons. The van der Waals surface area contributed by atoms with Crippen molar-refractivity contribution in [3.63, 3.8) is 0 Å². The molecule has 10 nitrogen and oxygen atoms in total. The van der Waals surface area contributed by atoms with E-state index in [-0.39, 0.29) is 18.0 Å². The van der Waals surface area contributed by atoms with Gasteiger partial charge in [0.05, 0.1) is 46.3 Å². The van der Waals surface area contributed by atoms with E-state index in [1.807, 2.05) is 35.4 Å². The molecule has 1 saturated carbocycles. The van der Waals surface area contributed by atoms with Crippen LogP contribution in [0.25, 0.3) is 27.5 Å². The van der Waals surface area contributed by atoms with Gasteiger partial charge in [-0.2, -0.15) is 10.4 Å². The number of nitrogens with zero attached hydrogens (tertiary/aromatic N) is 8. The number of carbonyl (C=O) groups is 1. The van der Waals surface area contributed by atoms with Crippen LogP contribution in [0.1, 0.15) is 32.8 Å². The molecule has 2 fully saturated rings. The number of nitrogens with one attached hydrogen (secondary N) is 1. The third kappa shape index (κ3) is 3.83. The van der Waals surface area contributed by atoms with E-state index in [4.69, 9.17) is 10.2 Å². The molecule has 0 bridgehead atoms. The van der Waals surface area contributed by atoms with E-state index in [0.717, 1.165) is 57.8 Å². The molecule has 2 unspecified atom stereocenters. The molecular weight excluding hydrogens is 474 g/mol. The minimum Gasteiger partial charge on any atom is -0.382 e. The van der Waals surface area contributed by atoms with Crippen LogP contribution >= 0.6 is 11.3 Å². The molecule has 1 amide bonds. The molecule has 5 heterocycles. The van der Waals surface area contributed by atoms with Gasteiger partial charge in [0.15, 0.2) is 5.01 Å². The number of rotatable bonds is 5. The second-order valence-electron chi connectivity index (χ2n) is 9.49. The van der Waals surface area contributed by atoms with Crippen molar-refractivity contribution in [2.75, 3.05) is 23.3 Å². The molecule has 36 heavy (non-hydrogen) atoms. The van der Waals surface area contributed by atoms with Gasteiger partial charge in [-0.05, 0) is 44.5 Å². The van der Waals surface area contributed by atoms with Crippen molar-refractivity contribution in [1.82, 2.24) is 29.7 Å². The Morgan fingerprint density at radius 3 is 2.83 bits per heavy atom. The van der Waals surface area contributed by atoms with Gasteiger partial charge in [0, 0.05) is 37.9 Å². The Bertz CT molecular complexity index is 1520. The van der Waals surface area contributed by atoms with Crippen molar-refractivity contribution in [2.24, 2.45) is 0 Å². The SMILES string of the molecule is CC(=O)N1CCN(c2nnc(-c3cnc(-c4ccc5cc(C#N)cnn45)cc3NC(C)C)s2)C2CC21. The van der Waals surface area contributed by atoms with Crippen molar-refractivity contribution in [2.45, 2.75) is 45.3 Å². The van der Waals surface area contributed by atoms with Crippen LogP contribution in [0.3, 0.4) is 0 Å². The molecule has 4 aromatic heterocycles. The lowest BCUT2D eigenvalue weighted by Crippen LogP contribution is -2.48. The van der Waals surface area contributed by atoms with Crippen LogP contribution in [0.15, 0.2) is 36.7 Å². The van der Waals surface area contributed by atoms with E-state index >= 15 is 0 Å². The Balaban J connectivity index is 1.32. The minimum absolute atomic E-state index is 0.145. The monoisotopic (exact) mass is 499 g/mol. The number of fused-ring (bicyclic) bond motifs is 2. The summed E-state index contributed by atoms with van der Waals surface area (Å²) in [7, 11) is 0. The highest BCUT2D eigenvalue weighted by Crippen LogP contribution is 2.42. The second-order valence-corrected chi connectivity index (χ2v) is 10.4. The fourth-order valence-electron chi connectivity index (χ4n) is 4.91. The predicted molar refractivity (Wildman–Crippen MR) is 138 cm³/mol.